The third kappa shape index (κ3) is 1.85. The zero-order valence-electron chi connectivity index (χ0n) is 7.42. The average molecular weight is 276 g/mol. The molecule has 1 aromatic rings. The van der Waals surface area contributed by atoms with Gasteiger partial charge in [-0.05, 0) is 34.8 Å². The molecule has 5 heteroatoms. The van der Waals surface area contributed by atoms with Gasteiger partial charge in [0.1, 0.15) is 0 Å². The monoisotopic (exact) mass is 275 g/mol. The summed E-state index contributed by atoms with van der Waals surface area (Å²) in [7, 11) is 0. The zero-order chi connectivity index (χ0) is 10.2. The van der Waals surface area contributed by atoms with Crippen molar-refractivity contribution in [3.05, 3.63) is 15.9 Å². The lowest BCUT2D eigenvalue weighted by Gasteiger charge is -2.10. The Morgan fingerprint density at radius 3 is 2.86 bits per heavy atom. The fourth-order valence-corrected chi connectivity index (χ4v) is 2.55. The summed E-state index contributed by atoms with van der Waals surface area (Å²) in [4.78, 5) is 11.7. The second-order valence-corrected chi connectivity index (χ2v) is 5.35. The lowest BCUT2D eigenvalue weighted by atomic mass is 10.1. The van der Waals surface area contributed by atoms with Crippen LogP contribution in [-0.4, -0.2) is 17.6 Å². The van der Waals surface area contributed by atoms with Crippen LogP contribution in [0.2, 0.25) is 0 Å². The molecule has 0 spiro atoms. The predicted molar refractivity (Wildman–Crippen MR) is 59.4 cm³/mol. The summed E-state index contributed by atoms with van der Waals surface area (Å²) in [6.45, 7) is -0.0502. The predicted octanol–water partition coefficient (Wildman–Crippen LogP) is 2.22. The Hall–Kier alpha value is -0.390. The van der Waals surface area contributed by atoms with E-state index in [0.29, 0.717) is 0 Å². The Kier molecular flexibility index (Phi) is 2.64. The maximum atomic E-state index is 11.7. The van der Waals surface area contributed by atoms with Gasteiger partial charge in [0, 0.05) is 9.85 Å². The van der Waals surface area contributed by atoms with Crippen molar-refractivity contribution in [3.63, 3.8) is 0 Å². The number of anilines is 1. The first kappa shape index (κ1) is 10.1. The first-order chi connectivity index (χ1) is 6.66. The molecule has 0 radical (unpaired) electrons. The van der Waals surface area contributed by atoms with Gasteiger partial charge in [0.25, 0.3) is 0 Å². The van der Waals surface area contributed by atoms with Crippen LogP contribution < -0.4 is 5.32 Å². The Bertz CT molecular complexity index is 359. The number of rotatable bonds is 3. The highest BCUT2D eigenvalue weighted by Crippen LogP contribution is 2.46. The van der Waals surface area contributed by atoms with Crippen molar-refractivity contribution in [1.82, 2.24) is 0 Å². The van der Waals surface area contributed by atoms with Gasteiger partial charge in [-0.1, -0.05) is 0 Å². The topological polar surface area (TPSA) is 49.3 Å². The third-order valence-electron chi connectivity index (χ3n) is 2.44. The number of thiophene rings is 1. The van der Waals surface area contributed by atoms with E-state index in [-0.39, 0.29) is 12.5 Å². The zero-order valence-corrected chi connectivity index (χ0v) is 9.82. The van der Waals surface area contributed by atoms with Crippen molar-refractivity contribution < 1.29 is 9.90 Å². The minimum absolute atomic E-state index is 0.0502. The van der Waals surface area contributed by atoms with E-state index in [1.165, 1.54) is 11.3 Å². The molecule has 1 amide bonds. The number of nitrogens with one attached hydrogen (secondary N) is 1. The number of carbonyl (C=O) groups is 1. The summed E-state index contributed by atoms with van der Waals surface area (Å²) in [5.74, 6) is -0.0608. The molecule has 1 aliphatic rings. The van der Waals surface area contributed by atoms with Crippen LogP contribution in [0.1, 0.15) is 12.8 Å². The van der Waals surface area contributed by atoms with Crippen molar-refractivity contribution in [2.45, 2.75) is 12.8 Å². The van der Waals surface area contributed by atoms with Crippen LogP contribution in [0, 0.1) is 5.41 Å². The van der Waals surface area contributed by atoms with E-state index in [2.05, 4.69) is 21.2 Å². The Morgan fingerprint density at radius 1 is 1.71 bits per heavy atom. The van der Waals surface area contributed by atoms with Gasteiger partial charge in [0.2, 0.25) is 5.91 Å². The Balaban J connectivity index is 2.01. The van der Waals surface area contributed by atoms with E-state index >= 15 is 0 Å². The van der Waals surface area contributed by atoms with Crippen molar-refractivity contribution in [1.29, 1.82) is 0 Å². The number of amides is 1. The molecule has 0 aliphatic heterocycles. The third-order valence-corrected chi connectivity index (χ3v) is 4.05. The molecule has 3 nitrogen and oxygen atoms in total. The molecule has 1 aliphatic carbocycles. The summed E-state index contributed by atoms with van der Waals surface area (Å²) in [6.07, 6.45) is 1.59. The molecule has 1 heterocycles. The lowest BCUT2D eigenvalue weighted by Crippen LogP contribution is -2.26. The van der Waals surface area contributed by atoms with E-state index in [1.807, 2.05) is 11.4 Å². The van der Waals surface area contributed by atoms with Crippen LogP contribution >= 0.6 is 27.3 Å². The van der Waals surface area contributed by atoms with E-state index in [4.69, 9.17) is 5.11 Å². The molecule has 2 rings (SSSR count). The van der Waals surface area contributed by atoms with Gasteiger partial charge in [-0.25, -0.2) is 0 Å². The molecule has 1 aromatic heterocycles. The van der Waals surface area contributed by atoms with Crippen molar-refractivity contribution >= 4 is 38.2 Å². The van der Waals surface area contributed by atoms with Crippen LogP contribution in [-0.2, 0) is 4.79 Å². The van der Waals surface area contributed by atoms with Gasteiger partial charge < -0.3 is 10.4 Å². The summed E-state index contributed by atoms with van der Waals surface area (Å²) < 4.78 is 0.964. The minimum Gasteiger partial charge on any atom is -0.395 e. The molecule has 76 valence electrons. The van der Waals surface area contributed by atoms with Gasteiger partial charge >= 0.3 is 0 Å². The number of hydrogen-bond acceptors (Lipinski definition) is 3. The number of hydrogen-bond donors (Lipinski definition) is 2. The standard InChI is InChI=1S/C9H10BrNO2S/c10-6-3-7(14-4-6)11-8(13)9(5-12)1-2-9/h3-4,12H,1-2,5H2,(H,11,13). The maximum absolute atomic E-state index is 11.7. The quantitative estimate of drug-likeness (QED) is 0.889. The molecule has 1 fully saturated rings. The summed E-state index contributed by atoms with van der Waals surface area (Å²) >= 11 is 4.79. The highest BCUT2D eigenvalue weighted by Gasteiger charge is 2.49. The van der Waals surface area contributed by atoms with Gasteiger partial charge in [0.05, 0.1) is 17.0 Å². The minimum atomic E-state index is -0.490. The average Bonchev–Trinajstić information content (AvgIpc) is 2.87. The van der Waals surface area contributed by atoms with E-state index in [0.717, 1.165) is 22.3 Å². The largest absolute Gasteiger partial charge is 0.395 e. The van der Waals surface area contributed by atoms with Crippen molar-refractivity contribution in [2.24, 2.45) is 5.41 Å². The second kappa shape index (κ2) is 3.64. The normalized spacial score (nSPS) is 17.9. The molecule has 14 heavy (non-hydrogen) atoms. The summed E-state index contributed by atoms with van der Waals surface area (Å²) in [6, 6.07) is 1.86. The van der Waals surface area contributed by atoms with E-state index < -0.39 is 5.41 Å². The molecular formula is C9H10BrNO2S. The Labute approximate surface area is 94.3 Å². The first-order valence-corrected chi connectivity index (χ1v) is 6.00. The number of aliphatic hydroxyl groups is 1. The number of aliphatic hydroxyl groups excluding tert-OH is 1. The Morgan fingerprint density at radius 2 is 2.43 bits per heavy atom. The van der Waals surface area contributed by atoms with Crippen LogP contribution in [0.4, 0.5) is 5.00 Å². The van der Waals surface area contributed by atoms with Crippen LogP contribution in [0.5, 0.6) is 0 Å². The summed E-state index contributed by atoms with van der Waals surface area (Å²) in [5.41, 5.74) is -0.490. The number of carbonyl (C=O) groups excluding carboxylic acids is 1. The lowest BCUT2D eigenvalue weighted by molar-refractivity contribution is -0.122. The smallest absolute Gasteiger partial charge is 0.233 e. The molecule has 0 aromatic carbocycles. The molecular weight excluding hydrogens is 266 g/mol. The van der Waals surface area contributed by atoms with Crippen LogP contribution in [0.25, 0.3) is 0 Å². The van der Waals surface area contributed by atoms with Crippen molar-refractivity contribution in [2.75, 3.05) is 11.9 Å². The molecule has 1 saturated carbocycles. The highest BCUT2D eigenvalue weighted by atomic mass is 79.9. The van der Waals surface area contributed by atoms with E-state index in [9.17, 15) is 4.79 Å². The SMILES string of the molecule is O=C(Nc1cc(Br)cs1)C1(CO)CC1. The molecule has 0 atom stereocenters. The molecule has 0 unspecified atom stereocenters. The number of halogens is 1. The van der Waals surface area contributed by atoms with E-state index in [1.54, 1.807) is 0 Å². The second-order valence-electron chi connectivity index (χ2n) is 3.52. The first-order valence-electron chi connectivity index (χ1n) is 4.33. The highest BCUT2D eigenvalue weighted by molar-refractivity contribution is 9.10. The fourth-order valence-electron chi connectivity index (χ4n) is 1.23. The molecule has 2 N–H and O–H groups in total. The summed E-state index contributed by atoms with van der Waals surface area (Å²) in [5, 5.41) is 14.6. The maximum Gasteiger partial charge on any atom is 0.233 e. The molecule has 0 saturated heterocycles. The van der Waals surface area contributed by atoms with Gasteiger partial charge in [-0.2, -0.15) is 0 Å². The van der Waals surface area contributed by atoms with Gasteiger partial charge in [-0.15, -0.1) is 11.3 Å². The molecule has 0 bridgehead atoms. The van der Waals surface area contributed by atoms with Gasteiger partial charge in [0.15, 0.2) is 0 Å². The van der Waals surface area contributed by atoms with Gasteiger partial charge in [-0.3, -0.25) is 4.79 Å². The van der Waals surface area contributed by atoms with Crippen molar-refractivity contribution in [3.8, 4) is 0 Å². The fraction of sp³-hybridized carbons (Fsp3) is 0.444. The van der Waals surface area contributed by atoms with Crippen LogP contribution in [0.3, 0.4) is 0 Å². The van der Waals surface area contributed by atoms with Crippen LogP contribution in [0.15, 0.2) is 15.9 Å².